The highest BCUT2D eigenvalue weighted by Crippen LogP contribution is 2.15. The van der Waals surface area contributed by atoms with Gasteiger partial charge in [0.05, 0.1) is 6.10 Å². The highest BCUT2D eigenvalue weighted by atomic mass is 19.1. The van der Waals surface area contributed by atoms with Crippen molar-refractivity contribution in [3.63, 3.8) is 0 Å². The van der Waals surface area contributed by atoms with E-state index in [9.17, 15) is 4.39 Å². The van der Waals surface area contributed by atoms with Crippen LogP contribution in [0.4, 0.5) is 4.39 Å². The van der Waals surface area contributed by atoms with Crippen LogP contribution in [0.3, 0.4) is 0 Å². The van der Waals surface area contributed by atoms with Crippen LogP contribution in [0.15, 0.2) is 24.3 Å². The lowest BCUT2D eigenvalue weighted by Crippen LogP contribution is -1.94. The van der Waals surface area contributed by atoms with E-state index in [0.29, 0.717) is 0 Å². The van der Waals surface area contributed by atoms with Crippen LogP contribution in [-0.4, -0.2) is 7.11 Å². The highest BCUT2D eigenvalue weighted by Gasteiger charge is 2.01. The van der Waals surface area contributed by atoms with Gasteiger partial charge in [-0.05, 0) is 24.6 Å². The van der Waals surface area contributed by atoms with Gasteiger partial charge in [-0.2, -0.15) is 0 Å². The predicted molar refractivity (Wildman–Crippen MR) is 41.8 cm³/mol. The third-order valence-electron chi connectivity index (χ3n) is 1.69. The van der Waals surface area contributed by atoms with E-state index >= 15 is 0 Å². The van der Waals surface area contributed by atoms with Gasteiger partial charge in [0.2, 0.25) is 0 Å². The highest BCUT2D eigenvalue weighted by molar-refractivity contribution is 5.17. The molecule has 0 fully saturated rings. The van der Waals surface area contributed by atoms with Gasteiger partial charge in [0.1, 0.15) is 5.82 Å². The maximum atomic E-state index is 12.4. The minimum atomic E-state index is -0.211. The first-order valence-corrected chi connectivity index (χ1v) is 3.52. The fourth-order valence-corrected chi connectivity index (χ4v) is 0.870. The van der Waals surface area contributed by atoms with E-state index in [1.165, 1.54) is 12.1 Å². The Balaban J connectivity index is 2.81. The molecule has 1 aromatic rings. The van der Waals surface area contributed by atoms with Gasteiger partial charge in [0.25, 0.3) is 0 Å². The maximum absolute atomic E-state index is 12.4. The smallest absolute Gasteiger partial charge is 0.123 e. The summed E-state index contributed by atoms with van der Waals surface area (Å²) in [4.78, 5) is 0. The quantitative estimate of drug-likeness (QED) is 0.636. The molecule has 0 unspecified atom stereocenters. The van der Waals surface area contributed by atoms with Crippen LogP contribution >= 0.6 is 0 Å². The van der Waals surface area contributed by atoms with Crippen molar-refractivity contribution >= 4 is 0 Å². The molecule has 60 valence electrons. The first-order chi connectivity index (χ1) is 5.24. The summed E-state index contributed by atoms with van der Waals surface area (Å²) in [5.74, 6) is -0.211. The third kappa shape index (κ3) is 2.02. The van der Waals surface area contributed by atoms with E-state index in [4.69, 9.17) is 4.74 Å². The minimum Gasteiger partial charge on any atom is -0.377 e. The van der Waals surface area contributed by atoms with Crippen LogP contribution in [0.5, 0.6) is 0 Å². The second-order valence-electron chi connectivity index (χ2n) is 2.43. The summed E-state index contributed by atoms with van der Waals surface area (Å²) in [6.45, 7) is 1.92. The average molecular weight is 154 g/mol. The Kier molecular flexibility index (Phi) is 2.60. The molecule has 0 heterocycles. The molecule has 0 aliphatic carbocycles. The molecule has 0 bridgehead atoms. The van der Waals surface area contributed by atoms with Crippen molar-refractivity contribution in [2.75, 3.05) is 7.11 Å². The SMILES string of the molecule is CO[C@@H](C)c1ccc(F)cc1. The standard InChI is InChI=1S/C9H11FO/c1-7(11-2)8-3-5-9(10)6-4-8/h3-7H,1-2H3/t7-/m0/s1. The molecule has 0 amide bonds. The molecule has 11 heavy (non-hydrogen) atoms. The molecule has 0 aliphatic heterocycles. The van der Waals surface area contributed by atoms with E-state index in [2.05, 4.69) is 0 Å². The summed E-state index contributed by atoms with van der Waals surface area (Å²) >= 11 is 0. The number of rotatable bonds is 2. The van der Waals surface area contributed by atoms with Crippen molar-refractivity contribution in [1.29, 1.82) is 0 Å². The first kappa shape index (κ1) is 8.21. The number of halogens is 1. The van der Waals surface area contributed by atoms with Crippen LogP contribution in [0, 0.1) is 5.82 Å². The van der Waals surface area contributed by atoms with Crippen molar-refractivity contribution in [2.45, 2.75) is 13.0 Å². The van der Waals surface area contributed by atoms with Gasteiger partial charge in [-0.25, -0.2) is 4.39 Å². The normalized spacial score (nSPS) is 13.0. The zero-order valence-electron chi connectivity index (χ0n) is 6.67. The lowest BCUT2D eigenvalue weighted by Gasteiger charge is -2.08. The predicted octanol–water partition coefficient (Wildman–Crippen LogP) is 2.53. The van der Waals surface area contributed by atoms with E-state index in [1.807, 2.05) is 6.92 Å². The molecule has 1 aromatic carbocycles. The molecule has 0 saturated heterocycles. The van der Waals surface area contributed by atoms with Crippen LogP contribution in [0.2, 0.25) is 0 Å². The molecule has 0 radical (unpaired) electrons. The number of hydrogen-bond donors (Lipinski definition) is 0. The summed E-state index contributed by atoms with van der Waals surface area (Å²) in [5, 5.41) is 0. The van der Waals surface area contributed by atoms with Crippen molar-refractivity contribution < 1.29 is 9.13 Å². The molecule has 0 aromatic heterocycles. The van der Waals surface area contributed by atoms with Crippen LogP contribution in [-0.2, 0) is 4.74 Å². The lowest BCUT2D eigenvalue weighted by molar-refractivity contribution is 0.119. The van der Waals surface area contributed by atoms with Gasteiger partial charge in [-0.1, -0.05) is 12.1 Å². The molecule has 1 rings (SSSR count). The molecule has 1 atom stereocenters. The van der Waals surface area contributed by atoms with E-state index in [1.54, 1.807) is 19.2 Å². The molecule has 2 heteroatoms. The zero-order valence-corrected chi connectivity index (χ0v) is 6.67. The second kappa shape index (κ2) is 3.49. The van der Waals surface area contributed by atoms with Crippen molar-refractivity contribution in [3.05, 3.63) is 35.6 Å². The van der Waals surface area contributed by atoms with Crippen LogP contribution in [0.25, 0.3) is 0 Å². The molecule has 1 nitrogen and oxygen atoms in total. The summed E-state index contributed by atoms with van der Waals surface area (Å²) in [7, 11) is 1.63. The molecular formula is C9H11FO. The fourth-order valence-electron chi connectivity index (χ4n) is 0.870. The number of methoxy groups -OCH3 is 1. The Morgan fingerprint density at radius 3 is 2.27 bits per heavy atom. The summed E-state index contributed by atoms with van der Waals surface area (Å²) in [6, 6.07) is 6.32. The Bertz CT molecular complexity index is 218. The van der Waals surface area contributed by atoms with Crippen molar-refractivity contribution in [3.8, 4) is 0 Å². The Morgan fingerprint density at radius 1 is 1.27 bits per heavy atom. The number of benzene rings is 1. The van der Waals surface area contributed by atoms with Crippen LogP contribution in [0.1, 0.15) is 18.6 Å². The molecule has 0 N–H and O–H groups in total. The third-order valence-corrected chi connectivity index (χ3v) is 1.69. The summed E-state index contributed by atoms with van der Waals surface area (Å²) in [5.41, 5.74) is 0.994. The first-order valence-electron chi connectivity index (χ1n) is 3.52. The molecule has 0 spiro atoms. The topological polar surface area (TPSA) is 9.23 Å². The Morgan fingerprint density at radius 2 is 1.82 bits per heavy atom. The van der Waals surface area contributed by atoms with Gasteiger partial charge in [0, 0.05) is 7.11 Å². The Hall–Kier alpha value is -0.890. The van der Waals surface area contributed by atoms with Crippen molar-refractivity contribution in [2.24, 2.45) is 0 Å². The number of ether oxygens (including phenoxy) is 1. The lowest BCUT2D eigenvalue weighted by atomic mass is 10.1. The number of hydrogen-bond acceptors (Lipinski definition) is 1. The maximum Gasteiger partial charge on any atom is 0.123 e. The van der Waals surface area contributed by atoms with Gasteiger partial charge in [-0.15, -0.1) is 0 Å². The Labute approximate surface area is 65.8 Å². The molecular weight excluding hydrogens is 143 g/mol. The van der Waals surface area contributed by atoms with E-state index < -0.39 is 0 Å². The van der Waals surface area contributed by atoms with Crippen molar-refractivity contribution in [1.82, 2.24) is 0 Å². The summed E-state index contributed by atoms with van der Waals surface area (Å²) in [6.07, 6.45) is 0.0376. The van der Waals surface area contributed by atoms with Gasteiger partial charge < -0.3 is 4.74 Å². The monoisotopic (exact) mass is 154 g/mol. The fraction of sp³-hybridized carbons (Fsp3) is 0.333. The van der Waals surface area contributed by atoms with Gasteiger partial charge >= 0.3 is 0 Å². The zero-order chi connectivity index (χ0) is 8.27. The van der Waals surface area contributed by atoms with E-state index in [-0.39, 0.29) is 11.9 Å². The largest absolute Gasteiger partial charge is 0.377 e. The molecule has 0 aliphatic rings. The van der Waals surface area contributed by atoms with Gasteiger partial charge in [-0.3, -0.25) is 0 Å². The molecule has 0 saturated carbocycles. The second-order valence-corrected chi connectivity index (χ2v) is 2.43. The van der Waals surface area contributed by atoms with E-state index in [0.717, 1.165) is 5.56 Å². The van der Waals surface area contributed by atoms with Crippen LogP contribution < -0.4 is 0 Å². The van der Waals surface area contributed by atoms with Gasteiger partial charge in [0.15, 0.2) is 0 Å². The minimum absolute atomic E-state index is 0.0376. The summed E-state index contributed by atoms with van der Waals surface area (Å²) < 4.78 is 17.5. The average Bonchev–Trinajstić information content (AvgIpc) is 2.05.